The second-order valence-corrected chi connectivity index (χ2v) is 9.92. The Kier molecular flexibility index (Phi) is 8.28. The zero-order chi connectivity index (χ0) is 31.4. The molecule has 0 radical (unpaired) electrons. The first-order valence-electron chi connectivity index (χ1n) is 14.0. The Hall–Kier alpha value is -6.12. The van der Waals surface area contributed by atoms with Gasteiger partial charge in [0.05, 0.1) is 39.5 Å². The summed E-state index contributed by atoms with van der Waals surface area (Å²) in [7, 11) is 3.31. The van der Waals surface area contributed by atoms with Crippen molar-refractivity contribution >= 4 is 34.0 Å². The molecule has 8 nitrogen and oxygen atoms in total. The molecule has 0 aliphatic carbocycles. The van der Waals surface area contributed by atoms with Crippen molar-refractivity contribution in [2.75, 3.05) is 14.1 Å². The number of benzene rings is 3. The molecule has 0 saturated carbocycles. The summed E-state index contributed by atoms with van der Waals surface area (Å²) in [5, 5.41) is 21.2. The number of nitrogens with zero attached hydrogens (tertiary/aromatic N) is 6. The molecule has 3 aromatic carbocycles. The molecule has 0 spiro atoms. The number of aromatic nitrogens is 3. The SMILES string of the molecule is CC.CN(C)C(=O)c1c(C=O)cccc1-n1c2ccc(-c3ccncc3C#N)cc2c2cc(-c3cnccc3C#N)ccc21. The highest BCUT2D eigenvalue weighted by Gasteiger charge is 2.23. The Morgan fingerprint density at radius 3 is 2.02 bits per heavy atom. The number of pyridine rings is 2. The third-order valence-electron chi connectivity index (χ3n) is 7.33. The fourth-order valence-corrected chi connectivity index (χ4v) is 5.37. The summed E-state index contributed by atoms with van der Waals surface area (Å²) in [6.45, 7) is 4.00. The molecule has 0 aliphatic heterocycles. The summed E-state index contributed by atoms with van der Waals surface area (Å²) < 4.78 is 1.98. The third-order valence-corrected chi connectivity index (χ3v) is 7.33. The maximum atomic E-state index is 13.4. The van der Waals surface area contributed by atoms with E-state index in [1.165, 1.54) is 11.1 Å². The van der Waals surface area contributed by atoms with Gasteiger partial charge in [-0.05, 0) is 53.6 Å². The van der Waals surface area contributed by atoms with Crippen LogP contribution in [0.3, 0.4) is 0 Å². The quantitative estimate of drug-likeness (QED) is 0.201. The minimum Gasteiger partial charge on any atom is -0.345 e. The second kappa shape index (κ2) is 12.4. The number of fused-ring (bicyclic) bond motifs is 3. The molecule has 44 heavy (non-hydrogen) atoms. The van der Waals surface area contributed by atoms with E-state index < -0.39 is 0 Å². The number of amides is 1. The topological polar surface area (TPSA) is 116 Å². The van der Waals surface area contributed by atoms with Crippen LogP contribution in [0.1, 0.15) is 45.7 Å². The lowest BCUT2D eigenvalue weighted by Gasteiger charge is -2.18. The Labute approximate surface area is 255 Å². The van der Waals surface area contributed by atoms with E-state index in [1.807, 2.05) is 60.9 Å². The van der Waals surface area contributed by atoms with Crippen molar-refractivity contribution in [3.8, 4) is 40.1 Å². The van der Waals surface area contributed by atoms with Gasteiger partial charge in [0.1, 0.15) is 6.07 Å². The molecule has 0 bridgehead atoms. The average Bonchev–Trinajstić information content (AvgIpc) is 3.41. The highest BCUT2D eigenvalue weighted by molar-refractivity contribution is 6.13. The molecule has 3 aromatic heterocycles. The van der Waals surface area contributed by atoms with Crippen LogP contribution in [-0.2, 0) is 0 Å². The second-order valence-electron chi connectivity index (χ2n) is 9.92. The first-order chi connectivity index (χ1) is 21.5. The highest BCUT2D eigenvalue weighted by atomic mass is 16.2. The lowest BCUT2D eigenvalue weighted by Crippen LogP contribution is -2.24. The number of rotatable bonds is 5. The number of nitriles is 2. The summed E-state index contributed by atoms with van der Waals surface area (Å²) in [6, 6.07) is 24.9. The van der Waals surface area contributed by atoms with Gasteiger partial charge in [-0.1, -0.05) is 38.1 Å². The van der Waals surface area contributed by atoms with Crippen molar-refractivity contribution in [1.29, 1.82) is 10.5 Å². The molecule has 0 atom stereocenters. The molecule has 1 amide bonds. The molecule has 0 N–H and O–H groups in total. The molecule has 3 heterocycles. The van der Waals surface area contributed by atoms with Crippen LogP contribution in [0.4, 0.5) is 0 Å². The van der Waals surface area contributed by atoms with Crippen molar-refractivity contribution in [3.63, 3.8) is 0 Å². The van der Waals surface area contributed by atoms with E-state index in [4.69, 9.17) is 0 Å². The largest absolute Gasteiger partial charge is 0.345 e. The molecule has 8 heteroatoms. The summed E-state index contributed by atoms with van der Waals surface area (Å²) in [4.78, 5) is 35.3. The summed E-state index contributed by atoms with van der Waals surface area (Å²) in [5.41, 5.74) is 6.81. The predicted octanol–water partition coefficient (Wildman–Crippen LogP) is 7.19. The van der Waals surface area contributed by atoms with Gasteiger partial charge in [-0.3, -0.25) is 19.6 Å². The summed E-state index contributed by atoms with van der Waals surface area (Å²) >= 11 is 0. The first-order valence-corrected chi connectivity index (χ1v) is 14.0. The van der Waals surface area contributed by atoms with Crippen LogP contribution >= 0.6 is 0 Å². The van der Waals surface area contributed by atoms with Crippen LogP contribution in [-0.4, -0.2) is 45.7 Å². The van der Waals surface area contributed by atoms with Gasteiger partial charge in [-0.25, -0.2) is 0 Å². The van der Waals surface area contributed by atoms with Gasteiger partial charge in [0.2, 0.25) is 0 Å². The van der Waals surface area contributed by atoms with Crippen molar-refractivity contribution in [3.05, 3.63) is 114 Å². The van der Waals surface area contributed by atoms with Crippen LogP contribution < -0.4 is 0 Å². The van der Waals surface area contributed by atoms with Crippen LogP contribution in [0.25, 0.3) is 49.7 Å². The average molecular weight is 577 g/mol. The number of carbonyl (C=O) groups excluding carboxylic acids is 2. The molecular weight excluding hydrogens is 548 g/mol. The number of hydrogen-bond acceptors (Lipinski definition) is 6. The Balaban J connectivity index is 0.00000188. The van der Waals surface area contributed by atoms with E-state index in [-0.39, 0.29) is 5.91 Å². The van der Waals surface area contributed by atoms with Gasteiger partial charge in [0.25, 0.3) is 5.91 Å². The molecular formula is C36H28N6O2. The Morgan fingerprint density at radius 2 is 1.41 bits per heavy atom. The third kappa shape index (κ3) is 4.95. The van der Waals surface area contributed by atoms with Gasteiger partial charge in [-0.2, -0.15) is 10.5 Å². The summed E-state index contributed by atoms with van der Waals surface area (Å²) in [5.74, 6) is -0.291. The van der Waals surface area contributed by atoms with Crippen molar-refractivity contribution < 1.29 is 9.59 Å². The van der Waals surface area contributed by atoms with Crippen molar-refractivity contribution in [2.24, 2.45) is 0 Å². The fraction of sp³-hybridized carbons (Fsp3) is 0.111. The van der Waals surface area contributed by atoms with E-state index in [1.54, 1.807) is 57.0 Å². The van der Waals surface area contributed by atoms with Crippen molar-refractivity contribution in [2.45, 2.75) is 13.8 Å². The zero-order valence-electron chi connectivity index (χ0n) is 24.7. The van der Waals surface area contributed by atoms with Crippen LogP contribution in [0.15, 0.2) is 91.5 Å². The van der Waals surface area contributed by atoms with E-state index in [9.17, 15) is 20.1 Å². The number of aldehydes is 1. The summed E-state index contributed by atoms with van der Waals surface area (Å²) in [6.07, 6.45) is 7.14. The van der Waals surface area contributed by atoms with E-state index >= 15 is 0 Å². The molecule has 0 fully saturated rings. The van der Waals surface area contributed by atoms with Crippen LogP contribution in [0.5, 0.6) is 0 Å². The number of carbonyl (C=O) groups is 2. The standard InChI is InChI=1S/C34H22N6O2.C2H6/c1-39(2)34(42)33-24(20-41)4-3-5-32(33)40-30-8-6-21(26-11-13-37-18-25(26)17-36)14-27(30)28-15-22(7-9-31(28)40)29-19-38-12-10-23(29)16-35;1-2/h3-15,18-20H,1-2H3;1-2H3. The first kappa shape index (κ1) is 29.4. The molecule has 6 rings (SSSR count). The van der Waals surface area contributed by atoms with Gasteiger partial charge in [-0.15, -0.1) is 0 Å². The maximum Gasteiger partial charge on any atom is 0.256 e. The minimum absolute atomic E-state index is 0.291. The fourth-order valence-electron chi connectivity index (χ4n) is 5.37. The molecule has 0 saturated heterocycles. The maximum absolute atomic E-state index is 13.4. The molecule has 0 unspecified atom stereocenters. The normalized spacial score (nSPS) is 10.4. The lowest BCUT2D eigenvalue weighted by molar-refractivity contribution is 0.0824. The van der Waals surface area contributed by atoms with E-state index in [2.05, 4.69) is 22.1 Å². The van der Waals surface area contributed by atoms with Gasteiger partial charge in [0.15, 0.2) is 6.29 Å². The Bertz CT molecular complexity index is 2030. The van der Waals surface area contributed by atoms with Gasteiger partial charge >= 0.3 is 0 Å². The zero-order valence-corrected chi connectivity index (χ0v) is 24.7. The molecule has 6 aromatic rings. The Morgan fingerprint density at radius 1 is 0.795 bits per heavy atom. The van der Waals surface area contributed by atoms with Gasteiger partial charge in [0, 0.05) is 66.3 Å². The monoisotopic (exact) mass is 576 g/mol. The molecule has 214 valence electrons. The minimum atomic E-state index is -0.291. The number of hydrogen-bond donors (Lipinski definition) is 0. The van der Waals surface area contributed by atoms with Crippen molar-refractivity contribution in [1.82, 2.24) is 19.4 Å². The van der Waals surface area contributed by atoms with E-state index in [0.29, 0.717) is 39.8 Å². The van der Waals surface area contributed by atoms with Crippen LogP contribution in [0.2, 0.25) is 0 Å². The smallest absolute Gasteiger partial charge is 0.256 e. The predicted molar refractivity (Wildman–Crippen MR) is 171 cm³/mol. The highest BCUT2D eigenvalue weighted by Crippen LogP contribution is 2.39. The van der Waals surface area contributed by atoms with Crippen LogP contribution in [0, 0.1) is 22.7 Å². The molecule has 0 aliphatic rings. The lowest BCUT2D eigenvalue weighted by atomic mass is 9.98. The van der Waals surface area contributed by atoms with Gasteiger partial charge < -0.3 is 9.47 Å². The van der Waals surface area contributed by atoms with E-state index in [0.717, 1.165) is 38.5 Å².